The van der Waals surface area contributed by atoms with Crippen LogP contribution in [0.2, 0.25) is 0 Å². The zero-order valence-corrected chi connectivity index (χ0v) is 11.6. The van der Waals surface area contributed by atoms with Crippen LogP contribution < -0.4 is 5.32 Å². The molecule has 0 aliphatic rings. The van der Waals surface area contributed by atoms with E-state index < -0.39 is 18.0 Å². The predicted molar refractivity (Wildman–Crippen MR) is 72.6 cm³/mol. The zero-order chi connectivity index (χ0) is 16.3. The molecule has 0 bridgehead atoms. The number of aliphatic hydroxyl groups is 1. The number of aromatic nitrogens is 2. The van der Waals surface area contributed by atoms with E-state index in [1.807, 2.05) is 0 Å². The fourth-order valence-corrected chi connectivity index (χ4v) is 1.73. The molecule has 22 heavy (non-hydrogen) atoms. The number of hydrogen-bond acceptors (Lipinski definition) is 3. The van der Waals surface area contributed by atoms with Crippen LogP contribution in [0, 0.1) is 0 Å². The summed E-state index contributed by atoms with van der Waals surface area (Å²) >= 11 is 0. The minimum absolute atomic E-state index is 0.120. The molecule has 1 unspecified atom stereocenters. The van der Waals surface area contributed by atoms with Gasteiger partial charge in [0.15, 0.2) is 5.69 Å². The summed E-state index contributed by atoms with van der Waals surface area (Å²) in [4.78, 5) is 11.7. The molecule has 118 valence electrons. The van der Waals surface area contributed by atoms with Gasteiger partial charge in [-0.25, -0.2) is 4.68 Å². The van der Waals surface area contributed by atoms with Crippen LogP contribution in [0.3, 0.4) is 0 Å². The van der Waals surface area contributed by atoms with Crippen molar-refractivity contribution >= 4 is 5.91 Å². The summed E-state index contributed by atoms with van der Waals surface area (Å²) in [6.45, 7) is 1.66. The first-order valence-electron chi connectivity index (χ1n) is 6.47. The van der Waals surface area contributed by atoms with Crippen molar-refractivity contribution in [1.29, 1.82) is 0 Å². The number of halogens is 3. The molecule has 2 N–H and O–H groups in total. The number of aliphatic hydroxyl groups excluding tert-OH is 1. The Morgan fingerprint density at radius 3 is 2.45 bits per heavy atom. The molecule has 1 amide bonds. The first-order valence-corrected chi connectivity index (χ1v) is 6.47. The van der Waals surface area contributed by atoms with Gasteiger partial charge in [0.05, 0.1) is 11.8 Å². The van der Waals surface area contributed by atoms with Gasteiger partial charge in [-0.15, -0.1) is 0 Å². The molecule has 1 aromatic carbocycles. The van der Waals surface area contributed by atoms with Gasteiger partial charge in [-0.1, -0.05) is 0 Å². The maximum atomic E-state index is 12.5. The zero-order valence-electron chi connectivity index (χ0n) is 11.6. The van der Waals surface area contributed by atoms with Gasteiger partial charge in [0.25, 0.3) is 5.91 Å². The fraction of sp³-hybridized carbons (Fsp3) is 0.286. The third-order valence-electron chi connectivity index (χ3n) is 2.83. The van der Waals surface area contributed by atoms with E-state index in [1.54, 1.807) is 6.92 Å². The molecule has 2 rings (SSSR count). The highest BCUT2D eigenvalue weighted by molar-refractivity contribution is 5.94. The number of alkyl halides is 3. The van der Waals surface area contributed by atoms with Gasteiger partial charge in [0, 0.05) is 18.3 Å². The summed E-state index contributed by atoms with van der Waals surface area (Å²) in [5, 5.41) is 15.1. The normalized spacial score (nSPS) is 13.0. The Labute approximate surface area is 124 Å². The lowest BCUT2D eigenvalue weighted by Gasteiger charge is -2.08. The van der Waals surface area contributed by atoms with Crippen molar-refractivity contribution in [3.8, 4) is 5.69 Å². The lowest BCUT2D eigenvalue weighted by atomic mass is 10.2. The van der Waals surface area contributed by atoms with Crippen molar-refractivity contribution in [2.45, 2.75) is 19.2 Å². The van der Waals surface area contributed by atoms with Crippen molar-refractivity contribution in [3.63, 3.8) is 0 Å². The molecule has 0 aliphatic heterocycles. The van der Waals surface area contributed by atoms with Crippen molar-refractivity contribution < 1.29 is 23.1 Å². The van der Waals surface area contributed by atoms with Gasteiger partial charge in [0.1, 0.15) is 0 Å². The van der Waals surface area contributed by atoms with E-state index in [0.717, 1.165) is 10.7 Å². The quantitative estimate of drug-likeness (QED) is 0.907. The summed E-state index contributed by atoms with van der Waals surface area (Å²) in [7, 11) is 0. The largest absolute Gasteiger partial charge is 0.435 e. The van der Waals surface area contributed by atoms with Crippen LogP contribution in [0.25, 0.3) is 5.69 Å². The molecule has 2 aromatic rings. The number of carbonyl (C=O) groups excluding carboxylic acids is 1. The molecule has 0 fully saturated rings. The van der Waals surface area contributed by atoms with E-state index in [0.29, 0.717) is 11.3 Å². The Morgan fingerprint density at radius 2 is 1.95 bits per heavy atom. The highest BCUT2D eigenvalue weighted by Gasteiger charge is 2.33. The van der Waals surface area contributed by atoms with Gasteiger partial charge in [-0.3, -0.25) is 4.79 Å². The Morgan fingerprint density at radius 1 is 1.32 bits per heavy atom. The highest BCUT2D eigenvalue weighted by atomic mass is 19.4. The smallest absolute Gasteiger partial charge is 0.392 e. The first-order chi connectivity index (χ1) is 10.3. The third-order valence-corrected chi connectivity index (χ3v) is 2.83. The van der Waals surface area contributed by atoms with Crippen molar-refractivity contribution in [2.24, 2.45) is 0 Å². The van der Waals surface area contributed by atoms with E-state index in [4.69, 9.17) is 5.11 Å². The lowest BCUT2D eigenvalue weighted by Crippen LogP contribution is -2.30. The van der Waals surface area contributed by atoms with Crippen LogP contribution in [0.1, 0.15) is 23.0 Å². The second-order valence-corrected chi connectivity index (χ2v) is 4.75. The molecular weight excluding hydrogens is 299 g/mol. The molecule has 0 spiro atoms. The first kappa shape index (κ1) is 16.0. The topological polar surface area (TPSA) is 67.2 Å². The number of rotatable bonds is 4. The van der Waals surface area contributed by atoms with Crippen molar-refractivity contribution in [2.75, 3.05) is 6.54 Å². The van der Waals surface area contributed by atoms with Crippen LogP contribution in [0.4, 0.5) is 13.2 Å². The Balaban J connectivity index is 2.12. The number of nitrogens with one attached hydrogen (secondary N) is 1. The molecule has 8 heteroatoms. The third kappa shape index (κ3) is 3.85. The monoisotopic (exact) mass is 313 g/mol. The van der Waals surface area contributed by atoms with E-state index >= 15 is 0 Å². The van der Waals surface area contributed by atoms with E-state index in [1.165, 1.54) is 30.5 Å². The van der Waals surface area contributed by atoms with Gasteiger partial charge in [-0.05, 0) is 37.3 Å². The molecule has 0 saturated heterocycles. The summed E-state index contributed by atoms with van der Waals surface area (Å²) in [6.07, 6.45) is -3.95. The Hall–Kier alpha value is -2.35. The van der Waals surface area contributed by atoms with Gasteiger partial charge >= 0.3 is 6.18 Å². The fourth-order valence-electron chi connectivity index (χ4n) is 1.73. The lowest BCUT2D eigenvalue weighted by molar-refractivity contribution is -0.141. The number of amides is 1. The summed E-state index contributed by atoms with van der Waals surface area (Å²) in [5.41, 5.74) is -0.235. The van der Waals surface area contributed by atoms with Gasteiger partial charge < -0.3 is 10.4 Å². The van der Waals surface area contributed by atoms with Crippen LogP contribution in [0.15, 0.2) is 36.5 Å². The number of benzene rings is 1. The van der Waals surface area contributed by atoms with Crippen LogP contribution in [-0.2, 0) is 6.18 Å². The standard InChI is InChI=1S/C14H14F3N3O2/c1-9(21)8-18-13(22)10-2-4-11(5-3-10)20-7-6-12(19-20)14(15,16)17/h2-7,9,21H,8H2,1H3,(H,18,22). The Bertz CT molecular complexity index is 648. The molecule has 1 aromatic heterocycles. The van der Waals surface area contributed by atoms with Crippen LogP contribution in [0.5, 0.6) is 0 Å². The average Bonchev–Trinajstić information content (AvgIpc) is 2.94. The number of hydrogen-bond donors (Lipinski definition) is 2. The molecular formula is C14H14F3N3O2. The predicted octanol–water partition coefficient (Wildman–Crippen LogP) is 2.00. The molecule has 5 nitrogen and oxygen atoms in total. The maximum Gasteiger partial charge on any atom is 0.435 e. The second-order valence-electron chi connectivity index (χ2n) is 4.75. The molecule has 0 radical (unpaired) electrons. The molecule has 0 saturated carbocycles. The Kier molecular flexibility index (Phi) is 4.51. The molecule has 1 atom stereocenters. The van der Waals surface area contributed by atoms with Crippen LogP contribution in [-0.4, -0.2) is 33.4 Å². The number of carbonyl (C=O) groups is 1. The van der Waals surface area contributed by atoms with E-state index in [-0.39, 0.29) is 12.5 Å². The van der Waals surface area contributed by atoms with E-state index in [9.17, 15) is 18.0 Å². The minimum Gasteiger partial charge on any atom is -0.392 e. The van der Waals surface area contributed by atoms with Crippen molar-refractivity contribution in [1.82, 2.24) is 15.1 Å². The summed E-state index contributed by atoms with van der Waals surface area (Å²) in [6, 6.07) is 6.81. The van der Waals surface area contributed by atoms with Gasteiger partial charge in [0.2, 0.25) is 0 Å². The second kappa shape index (κ2) is 6.18. The maximum absolute atomic E-state index is 12.5. The van der Waals surface area contributed by atoms with Crippen LogP contribution >= 0.6 is 0 Å². The highest BCUT2D eigenvalue weighted by Crippen LogP contribution is 2.27. The molecule has 0 aliphatic carbocycles. The number of nitrogens with zero attached hydrogens (tertiary/aromatic N) is 2. The van der Waals surface area contributed by atoms with Gasteiger partial charge in [-0.2, -0.15) is 18.3 Å². The minimum atomic E-state index is -4.49. The SMILES string of the molecule is CC(O)CNC(=O)c1ccc(-n2ccc(C(F)(F)F)n2)cc1. The summed E-state index contributed by atoms with van der Waals surface area (Å²) < 4.78 is 38.5. The molecule has 1 heterocycles. The van der Waals surface area contributed by atoms with Crippen molar-refractivity contribution in [3.05, 3.63) is 47.8 Å². The van der Waals surface area contributed by atoms with E-state index in [2.05, 4.69) is 10.4 Å². The average molecular weight is 313 g/mol. The summed E-state index contributed by atoms with van der Waals surface area (Å²) in [5.74, 6) is -0.371.